The highest BCUT2D eigenvalue weighted by molar-refractivity contribution is 7.81. The second kappa shape index (κ2) is 11.1. The molecule has 0 spiro atoms. The Morgan fingerprint density at radius 3 is 1.94 bits per heavy atom. The predicted molar refractivity (Wildman–Crippen MR) is 67.0 cm³/mol. The van der Waals surface area contributed by atoms with Crippen molar-refractivity contribution in [2.75, 3.05) is 26.4 Å². The highest BCUT2D eigenvalue weighted by atomic mass is 32.3. The monoisotopic (exact) mass is 283 g/mol. The van der Waals surface area contributed by atoms with Gasteiger partial charge in [0.2, 0.25) is 0 Å². The largest absolute Gasteiger partial charge is 0.461 e. The summed E-state index contributed by atoms with van der Waals surface area (Å²) in [7, 11) is -3.68. The van der Waals surface area contributed by atoms with E-state index >= 15 is 0 Å². The molecule has 0 aromatic heterocycles. The minimum Gasteiger partial charge on any atom is -0.461 e. The van der Waals surface area contributed by atoms with E-state index in [4.69, 9.17) is 5.73 Å². The van der Waals surface area contributed by atoms with Crippen molar-refractivity contribution in [3.05, 3.63) is 12.2 Å². The fourth-order valence-corrected chi connectivity index (χ4v) is 1.24. The van der Waals surface area contributed by atoms with Crippen molar-refractivity contribution in [3.8, 4) is 0 Å². The van der Waals surface area contributed by atoms with Crippen LogP contribution in [0.4, 0.5) is 0 Å². The molecule has 0 aromatic carbocycles. The van der Waals surface area contributed by atoms with Crippen molar-refractivity contribution in [2.24, 2.45) is 5.73 Å². The Morgan fingerprint density at radius 2 is 1.67 bits per heavy atom. The van der Waals surface area contributed by atoms with Crippen LogP contribution < -0.4 is 5.73 Å². The van der Waals surface area contributed by atoms with Gasteiger partial charge in [-0.1, -0.05) is 6.58 Å². The summed E-state index contributed by atoms with van der Waals surface area (Å²) < 4.78 is 33.8. The predicted octanol–water partition coefficient (Wildman–Crippen LogP) is 0.369. The Labute approximate surface area is 108 Å². The zero-order chi connectivity index (χ0) is 14.6. The summed E-state index contributed by atoms with van der Waals surface area (Å²) in [6.45, 7) is 9.01. The van der Waals surface area contributed by atoms with Gasteiger partial charge in [0.25, 0.3) is 0 Å². The third kappa shape index (κ3) is 13.1. The van der Waals surface area contributed by atoms with Crippen LogP contribution in [0, 0.1) is 0 Å². The van der Waals surface area contributed by atoms with Gasteiger partial charge in [-0.25, -0.2) is 13.2 Å². The first kappa shape index (κ1) is 19.4. The topological polar surface area (TPSA) is 105 Å². The highest BCUT2D eigenvalue weighted by Crippen LogP contribution is 1.93. The number of nitrogens with two attached hydrogens (primary N) is 1. The van der Waals surface area contributed by atoms with Gasteiger partial charge in [-0.05, 0) is 20.8 Å². The average Bonchev–Trinajstić information content (AvgIpc) is 2.26. The number of rotatable bonds is 7. The van der Waals surface area contributed by atoms with Gasteiger partial charge in [0.1, 0.15) is 6.61 Å². The maximum absolute atomic E-state index is 10.5. The SMILES string of the molecule is C=C(C)C(=O)OCCN.CCOS(=O)(=O)OCC. The quantitative estimate of drug-likeness (QED) is 0.531. The van der Waals surface area contributed by atoms with E-state index in [-0.39, 0.29) is 25.8 Å². The summed E-state index contributed by atoms with van der Waals surface area (Å²) in [4.78, 5) is 10.5. The van der Waals surface area contributed by atoms with Gasteiger partial charge in [-0.2, -0.15) is 8.42 Å². The van der Waals surface area contributed by atoms with E-state index in [0.717, 1.165) is 0 Å². The first-order chi connectivity index (χ1) is 8.30. The lowest BCUT2D eigenvalue weighted by Crippen LogP contribution is -2.13. The standard InChI is InChI=1S/C6H11NO2.C4H10O4S/c1-5(2)6(8)9-4-3-7;1-3-7-9(5,6)8-4-2/h1,3-4,7H2,2H3;3-4H2,1-2H3. The molecule has 0 aromatic rings. The maximum atomic E-state index is 10.5. The molecule has 0 atom stereocenters. The molecule has 0 saturated heterocycles. The molecule has 108 valence electrons. The van der Waals surface area contributed by atoms with E-state index in [2.05, 4.69) is 19.7 Å². The molecule has 0 rings (SSSR count). The van der Waals surface area contributed by atoms with E-state index in [0.29, 0.717) is 12.1 Å². The minimum atomic E-state index is -3.68. The highest BCUT2D eigenvalue weighted by Gasteiger charge is 2.06. The van der Waals surface area contributed by atoms with Crippen LogP contribution in [0.2, 0.25) is 0 Å². The smallest absolute Gasteiger partial charge is 0.399 e. The van der Waals surface area contributed by atoms with Crippen LogP contribution >= 0.6 is 0 Å². The lowest BCUT2D eigenvalue weighted by molar-refractivity contribution is -0.138. The van der Waals surface area contributed by atoms with Gasteiger partial charge in [-0.3, -0.25) is 0 Å². The molecule has 0 aliphatic heterocycles. The van der Waals surface area contributed by atoms with Crippen molar-refractivity contribution in [1.82, 2.24) is 0 Å². The Hall–Kier alpha value is -0.960. The van der Waals surface area contributed by atoms with Gasteiger partial charge in [0.15, 0.2) is 0 Å². The van der Waals surface area contributed by atoms with Crippen molar-refractivity contribution < 1.29 is 26.3 Å². The normalized spacial score (nSPS) is 10.2. The molecule has 18 heavy (non-hydrogen) atoms. The number of carbonyl (C=O) groups excluding carboxylic acids is 1. The summed E-state index contributed by atoms with van der Waals surface area (Å²) in [6.07, 6.45) is 0. The fraction of sp³-hybridized carbons (Fsp3) is 0.700. The molecule has 8 heteroatoms. The van der Waals surface area contributed by atoms with E-state index in [1.165, 1.54) is 0 Å². The molecule has 0 saturated carbocycles. The van der Waals surface area contributed by atoms with Gasteiger partial charge in [-0.15, -0.1) is 0 Å². The molecule has 2 N–H and O–H groups in total. The zero-order valence-electron chi connectivity index (χ0n) is 11.0. The Bertz CT molecular complexity index is 326. The van der Waals surface area contributed by atoms with Gasteiger partial charge >= 0.3 is 16.4 Å². The van der Waals surface area contributed by atoms with Crippen molar-refractivity contribution in [2.45, 2.75) is 20.8 Å². The summed E-state index contributed by atoms with van der Waals surface area (Å²) in [5.41, 5.74) is 5.48. The molecule has 0 amide bonds. The van der Waals surface area contributed by atoms with Gasteiger partial charge in [0.05, 0.1) is 13.2 Å². The fourth-order valence-electron chi connectivity index (χ4n) is 0.598. The van der Waals surface area contributed by atoms with E-state index in [1.807, 2.05) is 0 Å². The summed E-state index contributed by atoms with van der Waals surface area (Å²) in [6, 6.07) is 0. The molecular weight excluding hydrogens is 262 g/mol. The molecule has 0 unspecified atom stereocenters. The number of esters is 1. The molecule has 7 nitrogen and oxygen atoms in total. The third-order valence-corrected chi connectivity index (χ3v) is 2.27. The molecule has 0 heterocycles. The Morgan fingerprint density at radius 1 is 1.22 bits per heavy atom. The number of ether oxygens (including phenoxy) is 1. The lowest BCUT2D eigenvalue weighted by atomic mass is 10.4. The van der Waals surface area contributed by atoms with Crippen LogP contribution in [0.15, 0.2) is 12.2 Å². The second-order valence-corrected chi connectivity index (χ2v) is 4.21. The molecule has 0 radical (unpaired) electrons. The van der Waals surface area contributed by atoms with Gasteiger partial charge in [0, 0.05) is 12.1 Å². The van der Waals surface area contributed by atoms with Crippen molar-refractivity contribution in [3.63, 3.8) is 0 Å². The Kier molecular flexibility index (Phi) is 12.0. The second-order valence-electron chi connectivity index (χ2n) is 2.93. The first-order valence-corrected chi connectivity index (χ1v) is 6.70. The van der Waals surface area contributed by atoms with E-state index < -0.39 is 10.4 Å². The number of carbonyl (C=O) groups is 1. The molecule has 0 aliphatic carbocycles. The minimum absolute atomic E-state index is 0.113. The van der Waals surface area contributed by atoms with E-state index in [1.54, 1.807) is 20.8 Å². The Balaban J connectivity index is 0. The first-order valence-electron chi connectivity index (χ1n) is 5.37. The molecular formula is C10H21NO6S. The van der Waals surface area contributed by atoms with E-state index in [9.17, 15) is 13.2 Å². The van der Waals surface area contributed by atoms with Crippen LogP contribution in [-0.4, -0.2) is 40.8 Å². The van der Waals surface area contributed by atoms with Crippen LogP contribution in [0.3, 0.4) is 0 Å². The molecule has 0 fully saturated rings. The summed E-state index contributed by atoms with van der Waals surface area (Å²) >= 11 is 0. The zero-order valence-corrected chi connectivity index (χ0v) is 11.8. The molecule has 0 bridgehead atoms. The van der Waals surface area contributed by atoms with Gasteiger partial charge < -0.3 is 10.5 Å². The van der Waals surface area contributed by atoms with Crippen LogP contribution in [0.5, 0.6) is 0 Å². The van der Waals surface area contributed by atoms with Crippen LogP contribution in [0.25, 0.3) is 0 Å². The number of hydrogen-bond donors (Lipinski definition) is 1. The lowest BCUT2D eigenvalue weighted by Gasteiger charge is -1.99. The number of hydrogen-bond acceptors (Lipinski definition) is 7. The maximum Gasteiger partial charge on any atom is 0.399 e. The van der Waals surface area contributed by atoms with Crippen LogP contribution in [0.1, 0.15) is 20.8 Å². The summed E-state index contributed by atoms with van der Waals surface area (Å²) in [5, 5.41) is 0. The summed E-state index contributed by atoms with van der Waals surface area (Å²) in [5.74, 6) is -0.375. The third-order valence-electron chi connectivity index (χ3n) is 1.22. The van der Waals surface area contributed by atoms with Crippen molar-refractivity contribution in [1.29, 1.82) is 0 Å². The average molecular weight is 283 g/mol. The molecule has 0 aliphatic rings. The van der Waals surface area contributed by atoms with Crippen LogP contribution in [-0.2, 0) is 28.3 Å². The van der Waals surface area contributed by atoms with Crippen molar-refractivity contribution >= 4 is 16.4 Å².